The van der Waals surface area contributed by atoms with Crippen LogP contribution in [0.15, 0.2) is 0 Å². The maximum atomic E-state index is 12.4. The van der Waals surface area contributed by atoms with Gasteiger partial charge in [-0.25, -0.2) is 0 Å². The molecule has 0 bridgehead atoms. The third-order valence-electron chi connectivity index (χ3n) is 4.64. The standard InChI is InChI=1S/C20H36O4/c1-6-12-23-18(21)16-9-7-8-10-17(16)19(22)24-13-11-15(2)14-20(3,4)5/h15-17H,6-14H2,1-5H3. The third kappa shape index (κ3) is 7.67. The van der Waals surface area contributed by atoms with Crippen molar-refractivity contribution in [1.29, 1.82) is 0 Å². The molecule has 0 aromatic heterocycles. The van der Waals surface area contributed by atoms with E-state index in [-0.39, 0.29) is 23.8 Å². The first kappa shape index (κ1) is 21.0. The number of carbonyl (C=O) groups excluding carboxylic acids is 2. The van der Waals surface area contributed by atoms with Gasteiger partial charge < -0.3 is 9.47 Å². The molecule has 0 radical (unpaired) electrons. The smallest absolute Gasteiger partial charge is 0.309 e. The maximum Gasteiger partial charge on any atom is 0.309 e. The van der Waals surface area contributed by atoms with E-state index >= 15 is 0 Å². The van der Waals surface area contributed by atoms with Crippen LogP contribution in [-0.4, -0.2) is 25.2 Å². The molecule has 3 atom stereocenters. The lowest BCUT2D eigenvalue weighted by molar-refractivity contribution is -0.163. The van der Waals surface area contributed by atoms with Crippen LogP contribution in [0.4, 0.5) is 0 Å². The van der Waals surface area contributed by atoms with Crippen LogP contribution in [0.1, 0.15) is 79.6 Å². The van der Waals surface area contributed by atoms with Crippen LogP contribution in [0.5, 0.6) is 0 Å². The zero-order valence-corrected chi connectivity index (χ0v) is 16.2. The Morgan fingerprint density at radius 2 is 1.50 bits per heavy atom. The molecule has 1 aliphatic carbocycles. The molecule has 1 aliphatic rings. The average molecular weight is 341 g/mol. The molecule has 3 unspecified atom stereocenters. The number of ether oxygens (including phenoxy) is 2. The van der Waals surface area contributed by atoms with Crippen molar-refractivity contribution in [1.82, 2.24) is 0 Å². The summed E-state index contributed by atoms with van der Waals surface area (Å²) in [6.45, 7) is 11.7. The number of rotatable bonds is 8. The van der Waals surface area contributed by atoms with Gasteiger partial charge in [-0.15, -0.1) is 0 Å². The van der Waals surface area contributed by atoms with Gasteiger partial charge in [0.25, 0.3) is 0 Å². The van der Waals surface area contributed by atoms with Crippen LogP contribution >= 0.6 is 0 Å². The molecule has 4 heteroatoms. The monoisotopic (exact) mass is 340 g/mol. The van der Waals surface area contributed by atoms with Crippen LogP contribution in [0.2, 0.25) is 0 Å². The Morgan fingerprint density at radius 1 is 1.00 bits per heavy atom. The van der Waals surface area contributed by atoms with Crippen molar-refractivity contribution in [3.63, 3.8) is 0 Å². The second-order valence-electron chi connectivity index (χ2n) is 8.49. The van der Waals surface area contributed by atoms with E-state index in [9.17, 15) is 9.59 Å². The molecule has 0 heterocycles. The van der Waals surface area contributed by atoms with Crippen molar-refractivity contribution in [3.05, 3.63) is 0 Å². The van der Waals surface area contributed by atoms with Gasteiger partial charge in [0.15, 0.2) is 0 Å². The molecular formula is C20H36O4. The number of hydrogen-bond acceptors (Lipinski definition) is 4. The fraction of sp³-hybridized carbons (Fsp3) is 0.900. The Hall–Kier alpha value is -1.06. The topological polar surface area (TPSA) is 52.6 Å². The number of carbonyl (C=O) groups is 2. The highest BCUT2D eigenvalue weighted by Crippen LogP contribution is 2.32. The summed E-state index contributed by atoms with van der Waals surface area (Å²) in [6, 6.07) is 0. The summed E-state index contributed by atoms with van der Waals surface area (Å²) in [4.78, 5) is 24.6. The van der Waals surface area contributed by atoms with E-state index < -0.39 is 0 Å². The first-order valence-corrected chi connectivity index (χ1v) is 9.58. The Balaban J connectivity index is 2.44. The zero-order valence-electron chi connectivity index (χ0n) is 16.2. The van der Waals surface area contributed by atoms with Gasteiger partial charge in [0.2, 0.25) is 0 Å². The third-order valence-corrected chi connectivity index (χ3v) is 4.64. The van der Waals surface area contributed by atoms with Crippen molar-refractivity contribution >= 4 is 11.9 Å². The fourth-order valence-corrected chi connectivity index (χ4v) is 3.62. The number of esters is 2. The van der Waals surface area contributed by atoms with Gasteiger partial charge >= 0.3 is 11.9 Å². The maximum absolute atomic E-state index is 12.4. The molecule has 0 spiro atoms. The highest BCUT2D eigenvalue weighted by Gasteiger charge is 2.37. The van der Waals surface area contributed by atoms with Gasteiger partial charge in [-0.05, 0) is 43.4 Å². The molecule has 0 amide bonds. The predicted octanol–water partition coefficient (Wildman–Crippen LogP) is 4.75. The fourth-order valence-electron chi connectivity index (χ4n) is 3.62. The Kier molecular flexibility index (Phi) is 8.79. The minimum atomic E-state index is -0.318. The van der Waals surface area contributed by atoms with Crippen molar-refractivity contribution < 1.29 is 19.1 Å². The van der Waals surface area contributed by atoms with Crippen LogP contribution in [0.3, 0.4) is 0 Å². The van der Waals surface area contributed by atoms with E-state index in [0.717, 1.165) is 44.9 Å². The minimum Gasteiger partial charge on any atom is -0.465 e. The Morgan fingerprint density at radius 3 is 1.96 bits per heavy atom. The van der Waals surface area contributed by atoms with E-state index in [1.165, 1.54) is 0 Å². The van der Waals surface area contributed by atoms with Crippen molar-refractivity contribution in [2.45, 2.75) is 79.6 Å². The largest absolute Gasteiger partial charge is 0.465 e. The molecule has 1 saturated carbocycles. The predicted molar refractivity (Wildman–Crippen MR) is 95.5 cm³/mol. The second-order valence-corrected chi connectivity index (χ2v) is 8.49. The summed E-state index contributed by atoms with van der Waals surface area (Å²) < 4.78 is 10.8. The molecule has 4 nitrogen and oxygen atoms in total. The van der Waals surface area contributed by atoms with Crippen molar-refractivity contribution in [2.24, 2.45) is 23.2 Å². The summed E-state index contributed by atoms with van der Waals surface area (Å²) in [5.41, 5.74) is 0.293. The summed E-state index contributed by atoms with van der Waals surface area (Å²) in [7, 11) is 0. The number of hydrogen-bond donors (Lipinski definition) is 0. The van der Waals surface area contributed by atoms with E-state index in [2.05, 4.69) is 27.7 Å². The van der Waals surface area contributed by atoms with Gasteiger partial charge in [-0.1, -0.05) is 47.5 Å². The van der Waals surface area contributed by atoms with E-state index in [1.807, 2.05) is 6.92 Å². The Bertz CT molecular complexity index is 397. The normalized spacial score (nSPS) is 22.7. The summed E-state index contributed by atoms with van der Waals surface area (Å²) in [6.07, 6.45) is 6.24. The van der Waals surface area contributed by atoms with Gasteiger partial charge in [0.1, 0.15) is 0 Å². The molecular weight excluding hydrogens is 304 g/mol. The van der Waals surface area contributed by atoms with Crippen LogP contribution < -0.4 is 0 Å². The van der Waals surface area contributed by atoms with Crippen LogP contribution in [0, 0.1) is 23.2 Å². The lowest BCUT2D eigenvalue weighted by Gasteiger charge is -2.28. The van der Waals surface area contributed by atoms with Gasteiger partial charge in [0.05, 0.1) is 25.0 Å². The van der Waals surface area contributed by atoms with Crippen LogP contribution in [-0.2, 0) is 19.1 Å². The Labute approximate surface area is 147 Å². The zero-order chi connectivity index (χ0) is 18.2. The van der Waals surface area contributed by atoms with Gasteiger partial charge in [0, 0.05) is 0 Å². The molecule has 24 heavy (non-hydrogen) atoms. The van der Waals surface area contributed by atoms with Crippen molar-refractivity contribution in [3.8, 4) is 0 Å². The van der Waals surface area contributed by atoms with Gasteiger partial charge in [-0.2, -0.15) is 0 Å². The summed E-state index contributed by atoms with van der Waals surface area (Å²) in [5, 5.41) is 0. The highest BCUT2D eigenvalue weighted by atomic mass is 16.5. The SMILES string of the molecule is CCCOC(=O)C1CCCCC1C(=O)OCCC(C)CC(C)(C)C. The molecule has 0 aromatic rings. The van der Waals surface area contributed by atoms with Gasteiger partial charge in [-0.3, -0.25) is 9.59 Å². The summed E-state index contributed by atoms with van der Waals surface area (Å²) in [5.74, 6) is -0.545. The average Bonchev–Trinajstić information content (AvgIpc) is 2.50. The highest BCUT2D eigenvalue weighted by molar-refractivity contribution is 5.82. The molecule has 0 saturated heterocycles. The lowest BCUT2D eigenvalue weighted by atomic mass is 9.79. The van der Waals surface area contributed by atoms with E-state index in [4.69, 9.17) is 9.47 Å². The van der Waals surface area contributed by atoms with Crippen molar-refractivity contribution in [2.75, 3.05) is 13.2 Å². The molecule has 0 N–H and O–H groups in total. The lowest BCUT2D eigenvalue weighted by Crippen LogP contribution is -2.35. The first-order valence-electron chi connectivity index (χ1n) is 9.58. The molecule has 1 fully saturated rings. The molecule has 1 rings (SSSR count). The minimum absolute atomic E-state index is 0.212. The van der Waals surface area contributed by atoms with Crippen LogP contribution in [0.25, 0.3) is 0 Å². The molecule has 140 valence electrons. The first-order chi connectivity index (χ1) is 11.2. The quantitative estimate of drug-likeness (QED) is 0.598. The molecule has 0 aromatic carbocycles. The van der Waals surface area contributed by atoms with E-state index in [1.54, 1.807) is 0 Å². The van der Waals surface area contributed by atoms with E-state index in [0.29, 0.717) is 24.5 Å². The summed E-state index contributed by atoms with van der Waals surface area (Å²) >= 11 is 0. The second kappa shape index (κ2) is 10.0. The molecule has 0 aliphatic heterocycles.